The quantitative estimate of drug-likeness (QED) is 0.646. The Hall–Kier alpha value is -3.81. The molecule has 1 heterocycles. The number of phenolic OH excluding ortho intramolecular Hbond substituents is 2. The van der Waals surface area contributed by atoms with E-state index < -0.39 is 17.4 Å². The lowest BCUT2D eigenvalue weighted by Crippen LogP contribution is -2.35. The first kappa shape index (κ1) is 18.0. The van der Waals surface area contributed by atoms with Gasteiger partial charge < -0.3 is 19.7 Å². The van der Waals surface area contributed by atoms with E-state index in [4.69, 9.17) is 4.42 Å². The van der Waals surface area contributed by atoms with Crippen LogP contribution in [0.1, 0.15) is 13.3 Å². The molecular formula is C19H15NO7. The number of carboxylic acid groups (broad SMARTS) is 1. The average molecular weight is 369 g/mol. The molecule has 0 aliphatic heterocycles. The molecule has 8 nitrogen and oxygen atoms in total. The Morgan fingerprint density at radius 2 is 1.81 bits per heavy atom. The minimum atomic E-state index is -1.45. The second-order valence-corrected chi connectivity index (χ2v) is 5.72. The number of hydrogen-bond donors (Lipinski definition) is 3. The zero-order chi connectivity index (χ0) is 19.7. The average Bonchev–Trinajstić information content (AvgIpc) is 2.61. The molecule has 0 saturated carbocycles. The smallest absolute Gasteiger partial charge is 0.418 e. The zero-order valence-corrected chi connectivity index (χ0v) is 14.2. The Bertz CT molecular complexity index is 1120. The maximum atomic E-state index is 12.5. The minimum absolute atomic E-state index is 0.0159. The first-order valence-corrected chi connectivity index (χ1v) is 7.98. The fourth-order valence-electron chi connectivity index (χ4n) is 2.66. The van der Waals surface area contributed by atoms with Crippen LogP contribution in [0.5, 0.6) is 11.5 Å². The molecule has 3 aromatic rings. The molecule has 27 heavy (non-hydrogen) atoms. The highest BCUT2D eigenvalue weighted by Crippen LogP contribution is 2.33. The predicted molar refractivity (Wildman–Crippen MR) is 97.1 cm³/mol. The number of carbonyl (C=O) groups is 2. The van der Waals surface area contributed by atoms with Crippen LogP contribution in [0.3, 0.4) is 0 Å². The van der Waals surface area contributed by atoms with Crippen molar-refractivity contribution < 1.29 is 29.3 Å². The van der Waals surface area contributed by atoms with E-state index in [9.17, 15) is 29.7 Å². The third-order valence-corrected chi connectivity index (χ3v) is 3.96. The van der Waals surface area contributed by atoms with E-state index in [2.05, 4.69) is 0 Å². The summed E-state index contributed by atoms with van der Waals surface area (Å²) in [7, 11) is 0. The number of anilines is 1. The fourth-order valence-corrected chi connectivity index (χ4v) is 2.66. The van der Waals surface area contributed by atoms with Gasteiger partial charge in [-0.25, -0.2) is 9.69 Å². The predicted octanol–water partition coefficient (Wildman–Crippen LogP) is 3.29. The first-order chi connectivity index (χ1) is 12.8. The molecule has 0 fully saturated rings. The molecule has 8 heteroatoms. The van der Waals surface area contributed by atoms with Gasteiger partial charge in [0, 0.05) is 18.6 Å². The van der Waals surface area contributed by atoms with Crippen LogP contribution >= 0.6 is 0 Å². The number of carbonyl (C=O) groups excluding carboxylic acids is 1. The standard InChI is InChI=1S/C19H15NO7/c1-2-18(24)20(19(25)26)10-3-6-16-13(7-10)15(23)9-17(27-16)12-5-4-11(21)8-14(12)22/h3-9,21-22H,2H2,1H3,(H,25,26). The monoisotopic (exact) mass is 369 g/mol. The molecule has 2 aromatic carbocycles. The summed E-state index contributed by atoms with van der Waals surface area (Å²) in [4.78, 5) is 36.3. The maximum absolute atomic E-state index is 12.5. The van der Waals surface area contributed by atoms with Gasteiger partial charge in [0.05, 0.1) is 16.6 Å². The van der Waals surface area contributed by atoms with Gasteiger partial charge in [-0.3, -0.25) is 9.59 Å². The fraction of sp³-hybridized carbons (Fsp3) is 0.105. The number of benzene rings is 2. The van der Waals surface area contributed by atoms with E-state index in [0.717, 1.165) is 12.1 Å². The van der Waals surface area contributed by atoms with Crippen LogP contribution in [0.25, 0.3) is 22.3 Å². The lowest BCUT2D eigenvalue weighted by molar-refractivity contribution is -0.117. The molecule has 0 bridgehead atoms. The summed E-state index contributed by atoms with van der Waals surface area (Å²) >= 11 is 0. The first-order valence-electron chi connectivity index (χ1n) is 7.98. The molecule has 0 aliphatic rings. The molecule has 1 aromatic heterocycles. The number of aromatic hydroxyl groups is 2. The Morgan fingerprint density at radius 1 is 1.07 bits per heavy atom. The van der Waals surface area contributed by atoms with Crippen LogP contribution in [0.4, 0.5) is 10.5 Å². The third kappa shape index (κ3) is 3.32. The van der Waals surface area contributed by atoms with Gasteiger partial charge in [0.25, 0.3) is 0 Å². The van der Waals surface area contributed by atoms with Crippen LogP contribution < -0.4 is 10.3 Å². The van der Waals surface area contributed by atoms with E-state index in [1.165, 1.54) is 37.3 Å². The van der Waals surface area contributed by atoms with Crippen molar-refractivity contribution in [2.45, 2.75) is 13.3 Å². The summed E-state index contributed by atoms with van der Waals surface area (Å²) in [6.07, 6.45) is -1.46. The van der Waals surface area contributed by atoms with Crippen molar-refractivity contribution >= 4 is 28.7 Å². The molecule has 138 valence electrons. The Balaban J connectivity index is 2.15. The number of amides is 2. The van der Waals surface area contributed by atoms with Gasteiger partial charge in [0.15, 0.2) is 5.43 Å². The highest BCUT2D eigenvalue weighted by Gasteiger charge is 2.22. The number of imide groups is 1. The van der Waals surface area contributed by atoms with Crippen LogP contribution in [-0.4, -0.2) is 27.3 Å². The number of phenols is 2. The number of hydrogen-bond acceptors (Lipinski definition) is 6. The van der Waals surface area contributed by atoms with Crippen LogP contribution in [-0.2, 0) is 4.79 Å². The number of fused-ring (bicyclic) bond motifs is 1. The van der Waals surface area contributed by atoms with Crippen LogP contribution in [0.15, 0.2) is 51.7 Å². The Labute approximate surface area is 152 Å². The highest BCUT2D eigenvalue weighted by atomic mass is 16.4. The lowest BCUT2D eigenvalue weighted by atomic mass is 10.1. The summed E-state index contributed by atoms with van der Waals surface area (Å²) in [6.45, 7) is 1.53. The summed E-state index contributed by atoms with van der Waals surface area (Å²) in [6, 6.07) is 9.00. The van der Waals surface area contributed by atoms with Gasteiger partial charge in [-0.15, -0.1) is 0 Å². The molecule has 0 radical (unpaired) electrons. The number of rotatable bonds is 3. The Kier molecular flexibility index (Phi) is 4.55. The third-order valence-electron chi connectivity index (χ3n) is 3.96. The lowest BCUT2D eigenvalue weighted by Gasteiger charge is -2.17. The largest absolute Gasteiger partial charge is 0.508 e. The van der Waals surface area contributed by atoms with Crippen molar-refractivity contribution in [3.63, 3.8) is 0 Å². The molecular weight excluding hydrogens is 354 g/mol. The summed E-state index contributed by atoms with van der Waals surface area (Å²) in [5, 5.41) is 28.7. The summed E-state index contributed by atoms with van der Waals surface area (Å²) in [5.74, 6) is -0.951. The van der Waals surface area contributed by atoms with Crippen molar-refractivity contribution in [2.24, 2.45) is 0 Å². The molecule has 3 N–H and O–H groups in total. The van der Waals surface area contributed by atoms with Crippen molar-refractivity contribution in [1.82, 2.24) is 0 Å². The van der Waals surface area contributed by atoms with Crippen LogP contribution in [0.2, 0.25) is 0 Å². The molecule has 0 unspecified atom stereocenters. The minimum Gasteiger partial charge on any atom is -0.508 e. The van der Waals surface area contributed by atoms with Crippen molar-refractivity contribution in [2.75, 3.05) is 4.90 Å². The van der Waals surface area contributed by atoms with Gasteiger partial charge in [0.2, 0.25) is 5.91 Å². The van der Waals surface area contributed by atoms with Crippen molar-refractivity contribution in [3.05, 3.63) is 52.7 Å². The van der Waals surface area contributed by atoms with Gasteiger partial charge in [0.1, 0.15) is 22.8 Å². The molecule has 0 atom stereocenters. The van der Waals surface area contributed by atoms with Gasteiger partial charge >= 0.3 is 6.09 Å². The SMILES string of the molecule is CCC(=O)N(C(=O)O)c1ccc2oc(-c3ccc(O)cc3O)cc(=O)c2c1. The highest BCUT2D eigenvalue weighted by molar-refractivity contribution is 6.12. The van der Waals surface area contributed by atoms with Gasteiger partial charge in [-0.05, 0) is 30.3 Å². The molecule has 3 rings (SSSR count). The summed E-state index contributed by atoms with van der Waals surface area (Å²) in [5.41, 5.74) is -0.0727. The van der Waals surface area contributed by atoms with E-state index in [-0.39, 0.29) is 45.9 Å². The topological polar surface area (TPSA) is 128 Å². The van der Waals surface area contributed by atoms with E-state index in [1.807, 2.05) is 0 Å². The van der Waals surface area contributed by atoms with Gasteiger partial charge in [-0.1, -0.05) is 6.92 Å². The van der Waals surface area contributed by atoms with E-state index in [0.29, 0.717) is 4.90 Å². The maximum Gasteiger partial charge on any atom is 0.418 e. The van der Waals surface area contributed by atoms with Crippen LogP contribution in [0, 0.1) is 0 Å². The van der Waals surface area contributed by atoms with Crippen molar-refractivity contribution in [1.29, 1.82) is 0 Å². The normalized spacial score (nSPS) is 10.7. The molecule has 0 saturated heterocycles. The Morgan fingerprint density at radius 3 is 2.44 bits per heavy atom. The molecule has 0 aliphatic carbocycles. The van der Waals surface area contributed by atoms with E-state index in [1.54, 1.807) is 0 Å². The van der Waals surface area contributed by atoms with Gasteiger partial charge in [-0.2, -0.15) is 0 Å². The van der Waals surface area contributed by atoms with E-state index >= 15 is 0 Å². The second-order valence-electron chi connectivity index (χ2n) is 5.72. The summed E-state index contributed by atoms with van der Waals surface area (Å²) < 4.78 is 5.64. The second kappa shape index (κ2) is 6.83. The molecule has 0 spiro atoms. The van der Waals surface area contributed by atoms with Crippen molar-refractivity contribution in [3.8, 4) is 22.8 Å². The molecule has 2 amide bonds. The number of nitrogens with zero attached hydrogens (tertiary/aromatic N) is 1. The zero-order valence-electron chi connectivity index (χ0n) is 14.2.